The normalized spacial score (nSPS) is 10.6. The quantitative estimate of drug-likeness (QED) is 0.405. The van der Waals surface area contributed by atoms with Crippen LogP contribution in [-0.4, -0.2) is 26.4 Å². The number of thioether (sulfide) groups is 1. The van der Waals surface area contributed by atoms with E-state index in [1.54, 1.807) is 0 Å². The summed E-state index contributed by atoms with van der Waals surface area (Å²) < 4.78 is 7.57. The van der Waals surface area contributed by atoms with E-state index in [1.807, 2.05) is 67.6 Å². The monoisotopic (exact) mass is 444 g/mol. The highest BCUT2D eigenvalue weighted by Crippen LogP contribution is 2.41. The molecule has 3 N–H and O–H groups in total. The number of rotatable bonds is 7. The number of carbonyl (C=O) groups excluding carboxylic acids is 1. The number of aromatic nitrogens is 3. The fourth-order valence-electron chi connectivity index (χ4n) is 3.29. The van der Waals surface area contributed by atoms with Gasteiger partial charge in [0.2, 0.25) is 17.7 Å². The van der Waals surface area contributed by atoms with Crippen LogP contribution in [-0.2, 0) is 11.3 Å². The number of nitrogens with one attached hydrogen (secondary N) is 1. The summed E-state index contributed by atoms with van der Waals surface area (Å²) in [4.78, 5) is 12.8. The van der Waals surface area contributed by atoms with Crippen molar-refractivity contribution in [2.45, 2.75) is 18.6 Å². The second-order valence-electron chi connectivity index (χ2n) is 6.76. The second kappa shape index (κ2) is 9.41. The molecule has 2 aromatic heterocycles. The minimum absolute atomic E-state index is 0.0894. The topological polar surface area (TPSA) is 123 Å². The van der Waals surface area contributed by atoms with E-state index in [1.165, 1.54) is 16.3 Å². The Morgan fingerprint density at radius 1 is 1.12 bits per heavy atom. The van der Waals surface area contributed by atoms with Gasteiger partial charge < -0.3 is 10.2 Å². The minimum atomic E-state index is -0.404. The molecule has 0 aliphatic rings. The Hall–Kier alpha value is -4.03. The van der Waals surface area contributed by atoms with Gasteiger partial charge in [0, 0.05) is 11.1 Å². The lowest BCUT2D eigenvalue weighted by atomic mass is 9.98. The number of nitriles is 1. The molecule has 9 heteroatoms. The van der Waals surface area contributed by atoms with Gasteiger partial charge in [0.1, 0.15) is 23.9 Å². The van der Waals surface area contributed by atoms with Crippen LogP contribution in [0.25, 0.3) is 22.5 Å². The molecule has 0 unspecified atom stereocenters. The van der Waals surface area contributed by atoms with Crippen molar-refractivity contribution in [1.29, 1.82) is 5.26 Å². The summed E-state index contributed by atoms with van der Waals surface area (Å²) in [6.07, 6.45) is 0. The highest BCUT2D eigenvalue weighted by molar-refractivity contribution is 7.99. The van der Waals surface area contributed by atoms with Crippen LogP contribution < -0.4 is 11.1 Å². The molecule has 0 bridgehead atoms. The van der Waals surface area contributed by atoms with Crippen molar-refractivity contribution in [3.8, 4) is 28.5 Å². The van der Waals surface area contributed by atoms with Gasteiger partial charge in [-0.1, -0.05) is 79.3 Å². The van der Waals surface area contributed by atoms with Gasteiger partial charge in [0.25, 0.3) is 0 Å². The van der Waals surface area contributed by atoms with Crippen LogP contribution in [0, 0.1) is 11.3 Å². The molecule has 0 atom stereocenters. The summed E-state index contributed by atoms with van der Waals surface area (Å²) in [6.45, 7) is 1.87. The first kappa shape index (κ1) is 21.2. The summed E-state index contributed by atoms with van der Waals surface area (Å²) in [5.41, 5.74) is 8.36. The fraction of sp³-hybridized carbons (Fsp3) is 0.130. The smallest absolute Gasteiger partial charge is 0.246 e. The van der Waals surface area contributed by atoms with E-state index in [2.05, 4.69) is 21.6 Å². The highest BCUT2D eigenvalue weighted by atomic mass is 32.2. The lowest BCUT2D eigenvalue weighted by Gasteiger charge is -2.07. The van der Waals surface area contributed by atoms with Crippen molar-refractivity contribution in [2.75, 3.05) is 16.8 Å². The van der Waals surface area contributed by atoms with E-state index in [0.29, 0.717) is 16.5 Å². The number of benzene rings is 2. The predicted octanol–water partition coefficient (Wildman–Crippen LogP) is 4.41. The number of hydrogen-bond acceptors (Lipinski definition) is 7. The first-order chi connectivity index (χ1) is 15.6. The zero-order valence-corrected chi connectivity index (χ0v) is 18.1. The average molecular weight is 445 g/mol. The van der Waals surface area contributed by atoms with Gasteiger partial charge in [0.05, 0.1) is 0 Å². The lowest BCUT2D eigenvalue weighted by molar-refractivity contribution is -0.116. The van der Waals surface area contributed by atoms with Gasteiger partial charge in [-0.15, -0.1) is 10.2 Å². The maximum Gasteiger partial charge on any atom is 0.246 e. The molecule has 32 heavy (non-hydrogen) atoms. The molecule has 0 saturated carbocycles. The first-order valence-electron chi connectivity index (χ1n) is 9.91. The molecule has 1 amide bonds. The van der Waals surface area contributed by atoms with E-state index in [9.17, 15) is 10.1 Å². The van der Waals surface area contributed by atoms with Crippen molar-refractivity contribution >= 4 is 29.5 Å². The van der Waals surface area contributed by atoms with Crippen molar-refractivity contribution in [1.82, 2.24) is 14.8 Å². The second-order valence-corrected chi connectivity index (χ2v) is 7.99. The number of furan rings is 1. The first-order valence-corrected chi connectivity index (χ1v) is 10.9. The standard InChI is InChI=1S/C23H20N6O2S/c1-2-32-23-28-27-22(25)29(23)14-18(30)26-21-17(13-24)19(15-9-5-3-6-10-15)20(31-21)16-11-7-4-8-12-16/h3-12H,2,14H2,1H3,(H2,25,27)(H,26,30). The number of hydrogen-bond donors (Lipinski definition) is 2. The van der Waals surface area contributed by atoms with Crippen molar-refractivity contribution in [2.24, 2.45) is 0 Å². The van der Waals surface area contributed by atoms with Crippen molar-refractivity contribution < 1.29 is 9.21 Å². The number of anilines is 2. The van der Waals surface area contributed by atoms with E-state index in [0.717, 1.165) is 16.9 Å². The molecular weight excluding hydrogens is 424 g/mol. The van der Waals surface area contributed by atoms with Gasteiger partial charge in [-0.25, -0.2) is 0 Å². The van der Waals surface area contributed by atoms with Gasteiger partial charge >= 0.3 is 0 Å². The summed E-state index contributed by atoms with van der Waals surface area (Å²) >= 11 is 1.43. The third-order valence-electron chi connectivity index (χ3n) is 4.69. The predicted molar refractivity (Wildman–Crippen MR) is 124 cm³/mol. The Morgan fingerprint density at radius 3 is 2.41 bits per heavy atom. The summed E-state index contributed by atoms with van der Waals surface area (Å²) in [5, 5.41) is 21.0. The Balaban J connectivity index is 1.72. The summed E-state index contributed by atoms with van der Waals surface area (Å²) in [5.74, 6) is 1.10. The van der Waals surface area contributed by atoms with Crippen molar-refractivity contribution in [3.63, 3.8) is 0 Å². The Labute approximate surface area is 189 Å². The van der Waals surface area contributed by atoms with Crippen molar-refractivity contribution in [3.05, 3.63) is 66.2 Å². The molecular formula is C23H20N6O2S. The van der Waals surface area contributed by atoms with Gasteiger partial charge in [-0.05, 0) is 11.3 Å². The van der Waals surface area contributed by atoms with E-state index in [-0.39, 0.29) is 23.9 Å². The number of amides is 1. The Kier molecular flexibility index (Phi) is 6.24. The molecule has 0 spiro atoms. The number of nitrogen functional groups attached to an aromatic ring is 1. The number of carbonyl (C=O) groups is 1. The van der Waals surface area contributed by atoms with Crippen LogP contribution in [0.3, 0.4) is 0 Å². The Bertz CT molecular complexity index is 1280. The maximum atomic E-state index is 12.8. The molecule has 2 heterocycles. The van der Waals surface area contributed by atoms with Crippen LogP contribution in [0.15, 0.2) is 70.2 Å². The largest absolute Gasteiger partial charge is 0.438 e. The molecule has 0 fully saturated rings. The van der Waals surface area contributed by atoms with Gasteiger partial charge in [-0.3, -0.25) is 14.7 Å². The van der Waals surface area contributed by atoms with Crippen LogP contribution in [0.4, 0.5) is 11.8 Å². The number of nitrogens with zero attached hydrogens (tertiary/aromatic N) is 4. The van der Waals surface area contributed by atoms with Crippen LogP contribution >= 0.6 is 11.8 Å². The summed E-state index contributed by atoms with van der Waals surface area (Å²) in [6, 6.07) is 21.1. The van der Waals surface area contributed by atoms with Gasteiger partial charge in [-0.2, -0.15) is 5.26 Å². The molecule has 8 nitrogen and oxygen atoms in total. The van der Waals surface area contributed by atoms with Crippen LogP contribution in [0.2, 0.25) is 0 Å². The van der Waals surface area contributed by atoms with E-state index < -0.39 is 5.91 Å². The molecule has 0 aliphatic heterocycles. The molecule has 0 saturated heterocycles. The third kappa shape index (κ3) is 4.22. The average Bonchev–Trinajstić information content (AvgIpc) is 3.35. The van der Waals surface area contributed by atoms with E-state index in [4.69, 9.17) is 10.2 Å². The third-order valence-corrected chi connectivity index (χ3v) is 5.54. The van der Waals surface area contributed by atoms with Crippen LogP contribution in [0.5, 0.6) is 0 Å². The molecule has 160 valence electrons. The van der Waals surface area contributed by atoms with Gasteiger partial charge in [0.15, 0.2) is 5.16 Å². The highest BCUT2D eigenvalue weighted by Gasteiger charge is 2.24. The molecule has 0 radical (unpaired) electrons. The maximum absolute atomic E-state index is 12.8. The fourth-order valence-corrected chi connectivity index (χ4v) is 3.96. The molecule has 0 aliphatic carbocycles. The molecule has 4 aromatic rings. The summed E-state index contributed by atoms with van der Waals surface area (Å²) in [7, 11) is 0. The SMILES string of the molecule is CCSc1nnc(N)n1CC(=O)Nc1oc(-c2ccccc2)c(-c2ccccc2)c1C#N. The Morgan fingerprint density at radius 2 is 1.78 bits per heavy atom. The zero-order chi connectivity index (χ0) is 22.5. The van der Waals surface area contributed by atoms with Crippen LogP contribution in [0.1, 0.15) is 12.5 Å². The zero-order valence-electron chi connectivity index (χ0n) is 17.3. The lowest BCUT2D eigenvalue weighted by Crippen LogP contribution is -2.20. The number of nitrogens with two attached hydrogens (primary N) is 1. The minimum Gasteiger partial charge on any atom is -0.438 e. The molecule has 2 aromatic carbocycles. The molecule has 4 rings (SSSR count). The van der Waals surface area contributed by atoms with E-state index >= 15 is 0 Å².